The highest BCUT2D eigenvalue weighted by atomic mass is 35.5. The second-order valence-electron chi connectivity index (χ2n) is 14.5. The maximum absolute atomic E-state index is 14.4. The van der Waals surface area contributed by atoms with Crippen LogP contribution in [0.4, 0.5) is 5.69 Å². The summed E-state index contributed by atoms with van der Waals surface area (Å²) in [6.07, 6.45) is -1.07. The molecule has 0 aromatic heterocycles. The molecule has 1 aromatic carbocycles. The topological polar surface area (TPSA) is 146 Å². The van der Waals surface area contributed by atoms with Crippen molar-refractivity contribution in [2.75, 3.05) is 36.4 Å². The Morgan fingerprint density at radius 1 is 1.17 bits per heavy atom. The first-order valence-electron chi connectivity index (χ1n) is 16.2. The number of carbonyl (C=O) groups is 3. The summed E-state index contributed by atoms with van der Waals surface area (Å²) in [6.45, 7) is 9.30. The van der Waals surface area contributed by atoms with Crippen molar-refractivity contribution < 1.29 is 39.2 Å². The molecule has 6 fully saturated rings. The number of fused-ring (bicyclic) bond motifs is 2. The molecule has 2 spiro atoms. The van der Waals surface area contributed by atoms with Gasteiger partial charge in [0.1, 0.15) is 23.7 Å². The standard InChI is InChI=1S/C34H44Cl2N2O8/c1-19-22-8-9-24-32-17-45-34(44,28(42)26(32)31(2,3)11-10-25(32)40)33(24,27(19)41)29(22)46-30(43)23(37-18-39)16-20-4-6-21(7-5-20)38(14-12-35)15-13-36/h4-7,18,22-26,28-29,40,42,44H,1,8-17H2,2-3H3,(H,37,39)/t22-,23-,24-,25-,26+,28-,29+,32+,33-,34-/m0/s1. The summed E-state index contributed by atoms with van der Waals surface area (Å²) in [5.74, 6) is -4.56. The van der Waals surface area contributed by atoms with Crippen LogP contribution in [0.2, 0.25) is 0 Å². The molecule has 2 saturated heterocycles. The fraction of sp³-hybridized carbons (Fsp3) is 0.676. The zero-order valence-corrected chi connectivity index (χ0v) is 27.8. The normalized spacial score (nSPS) is 39.3. The number of ether oxygens (including phenoxy) is 2. The molecular weight excluding hydrogens is 635 g/mol. The van der Waals surface area contributed by atoms with Gasteiger partial charge in [0.05, 0.1) is 12.7 Å². The van der Waals surface area contributed by atoms with Gasteiger partial charge in [-0.3, -0.25) is 9.59 Å². The van der Waals surface area contributed by atoms with Gasteiger partial charge in [0.25, 0.3) is 0 Å². The number of aliphatic hydroxyl groups is 3. The van der Waals surface area contributed by atoms with Crippen LogP contribution in [0.3, 0.4) is 0 Å². The van der Waals surface area contributed by atoms with E-state index >= 15 is 0 Å². The molecule has 12 heteroatoms. The van der Waals surface area contributed by atoms with Gasteiger partial charge in [-0.1, -0.05) is 32.6 Å². The molecule has 46 heavy (non-hydrogen) atoms. The number of anilines is 1. The van der Waals surface area contributed by atoms with E-state index in [1.807, 2.05) is 43.0 Å². The third kappa shape index (κ3) is 4.54. The minimum atomic E-state index is -2.36. The Balaban J connectivity index is 1.33. The highest BCUT2D eigenvalue weighted by molar-refractivity contribution is 6.18. The van der Waals surface area contributed by atoms with E-state index in [1.54, 1.807) is 0 Å². The molecule has 4 bridgehead atoms. The lowest BCUT2D eigenvalue weighted by Gasteiger charge is -2.74. The molecule has 0 unspecified atom stereocenters. The van der Waals surface area contributed by atoms with Crippen LogP contribution < -0.4 is 10.2 Å². The Kier molecular flexibility index (Phi) is 8.81. The van der Waals surface area contributed by atoms with Crippen molar-refractivity contribution in [3.63, 3.8) is 0 Å². The summed E-state index contributed by atoms with van der Waals surface area (Å²) in [4.78, 5) is 42.0. The molecule has 0 radical (unpaired) electrons. The van der Waals surface area contributed by atoms with E-state index in [-0.39, 0.29) is 18.6 Å². The maximum atomic E-state index is 14.4. The number of aliphatic hydroxyl groups excluding tert-OH is 2. The van der Waals surface area contributed by atoms with Crippen LogP contribution in [-0.2, 0) is 30.3 Å². The van der Waals surface area contributed by atoms with Crippen molar-refractivity contribution in [3.8, 4) is 0 Å². The van der Waals surface area contributed by atoms with Crippen molar-refractivity contribution in [3.05, 3.63) is 42.0 Å². The van der Waals surface area contributed by atoms with Gasteiger partial charge in [-0.2, -0.15) is 0 Å². The number of Topliss-reactive ketones (excluding diaryl/α,β-unsaturated/α-hetero) is 1. The highest BCUT2D eigenvalue weighted by Gasteiger charge is 2.87. The van der Waals surface area contributed by atoms with Crippen LogP contribution in [0.1, 0.15) is 45.1 Å². The molecule has 6 aliphatic rings. The predicted molar refractivity (Wildman–Crippen MR) is 171 cm³/mol. The second-order valence-corrected chi connectivity index (χ2v) is 15.2. The van der Waals surface area contributed by atoms with Crippen LogP contribution in [0.5, 0.6) is 0 Å². The highest BCUT2D eigenvalue weighted by Crippen LogP contribution is 2.76. The lowest BCUT2D eigenvalue weighted by Crippen LogP contribution is -2.85. The number of hydrogen-bond acceptors (Lipinski definition) is 9. The van der Waals surface area contributed by atoms with E-state index in [2.05, 4.69) is 11.9 Å². The number of carbonyl (C=O) groups excluding carboxylic acids is 3. The number of ketones is 1. The molecule has 2 aliphatic heterocycles. The van der Waals surface area contributed by atoms with Crippen molar-refractivity contribution in [2.45, 2.75) is 76.1 Å². The quantitative estimate of drug-likeness (QED) is 0.120. The number of alkyl halides is 2. The molecule has 10 nitrogen and oxygen atoms in total. The van der Waals surface area contributed by atoms with Crippen LogP contribution >= 0.6 is 23.2 Å². The number of rotatable bonds is 11. The Hall–Kier alpha value is -2.21. The Bertz CT molecular complexity index is 1390. The maximum Gasteiger partial charge on any atom is 0.329 e. The minimum absolute atomic E-state index is 0.0220. The van der Waals surface area contributed by atoms with Crippen LogP contribution in [0, 0.1) is 34.0 Å². The van der Waals surface area contributed by atoms with Crippen molar-refractivity contribution in [1.82, 2.24) is 5.32 Å². The second kappa shape index (κ2) is 12.0. The third-order valence-corrected chi connectivity index (χ3v) is 12.4. The van der Waals surface area contributed by atoms with Gasteiger partial charge in [0, 0.05) is 54.2 Å². The summed E-state index contributed by atoms with van der Waals surface area (Å²) in [5.41, 5.74) is -1.47. The van der Waals surface area contributed by atoms with Gasteiger partial charge in [-0.15, -0.1) is 23.2 Å². The summed E-state index contributed by atoms with van der Waals surface area (Å²) in [6, 6.07) is 6.38. The summed E-state index contributed by atoms with van der Waals surface area (Å²) in [7, 11) is 0. The third-order valence-electron chi connectivity index (χ3n) is 12.1. The van der Waals surface area contributed by atoms with Gasteiger partial charge in [0.15, 0.2) is 5.78 Å². The molecular formula is C34H44Cl2N2O8. The van der Waals surface area contributed by atoms with Crippen molar-refractivity contribution in [1.29, 1.82) is 0 Å². The molecule has 10 atom stereocenters. The molecule has 2 heterocycles. The summed E-state index contributed by atoms with van der Waals surface area (Å²) < 4.78 is 12.3. The number of halogens is 2. The number of nitrogens with one attached hydrogen (secondary N) is 1. The zero-order chi connectivity index (χ0) is 33.2. The van der Waals surface area contributed by atoms with E-state index < -0.39 is 75.9 Å². The van der Waals surface area contributed by atoms with Crippen molar-refractivity contribution in [2.24, 2.45) is 34.0 Å². The average Bonchev–Trinajstić information content (AvgIpc) is 3.14. The van der Waals surface area contributed by atoms with E-state index in [0.717, 1.165) is 11.3 Å². The average molecular weight is 680 g/mol. The summed E-state index contributed by atoms with van der Waals surface area (Å²) >= 11 is 11.9. The van der Waals surface area contributed by atoms with E-state index in [0.29, 0.717) is 56.9 Å². The van der Waals surface area contributed by atoms with Gasteiger partial charge >= 0.3 is 5.97 Å². The molecule has 4 N–H and O–H groups in total. The number of nitrogens with zero attached hydrogens (tertiary/aromatic N) is 1. The minimum Gasteiger partial charge on any atom is -0.459 e. The van der Waals surface area contributed by atoms with Gasteiger partial charge in [0.2, 0.25) is 12.2 Å². The number of esters is 1. The first-order chi connectivity index (χ1) is 21.8. The van der Waals surface area contributed by atoms with E-state index in [9.17, 15) is 29.7 Å². The lowest BCUT2D eigenvalue weighted by atomic mass is 9.35. The SMILES string of the molecule is C=C1C(=O)[C@]23[C@H](OC(=O)[C@H](Cc4ccc(N(CCCl)CCCl)cc4)NC=O)[C@H]1CC[C@H]2[C@@]12CO[C@@]3(O)[C@@H](O)[C@@H]1C(C)(C)CC[C@@H]2O. The number of hydrogen-bond donors (Lipinski definition) is 4. The van der Waals surface area contributed by atoms with Crippen LogP contribution in [-0.4, -0.2) is 95.1 Å². The van der Waals surface area contributed by atoms with E-state index in [1.165, 1.54) is 0 Å². The molecule has 4 aliphatic carbocycles. The Morgan fingerprint density at radius 3 is 2.48 bits per heavy atom. The Morgan fingerprint density at radius 2 is 1.85 bits per heavy atom. The molecule has 1 amide bonds. The van der Waals surface area contributed by atoms with Crippen LogP contribution in [0.15, 0.2) is 36.4 Å². The summed E-state index contributed by atoms with van der Waals surface area (Å²) in [5, 5.41) is 38.6. The molecule has 7 rings (SSSR count). The van der Waals surface area contributed by atoms with Gasteiger partial charge in [-0.05, 0) is 60.3 Å². The molecule has 252 valence electrons. The van der Waals surface area contributed by atoms with E-state index in [4.69, 9.17) is 32.7 Å². The first kappa shape index (κ1) is 33.7. The van der Waals surface area contributed by atoms with Gasteiger partial charge in [-0.25, -0.2) is 4.79 Å². The number of amides is 1. The van der Waals surface area contributed by atoms with Crippen LogP contribution in [0.25, 0.3) is 0 Å². The Labute approximate surface area is 279 Å². The fourth-order valence-corrected chi connectivity index (χ4v) is 10.6. The fourth-order valence-electron chi connectivity index (χ4n) is 10.2. The predicted octanol–water partition coefficient (Wildman–Crippen LogP) is 2.57. The lowest BCUT2D eigenvalue weighted by molar-refractivity contribution is -0.458. The van der Waals surface area contributed by atoms with Crippen molar-refractivity contribution >= 4 is 47.1 Å². The smallest absolute Gasteiger partial charge is 0.329 e. The largest absolute Gasteiger partial charge is 0.459 e. The molecule has 4 saturated carbocycles. The monoisotopic (exact) mass is 678 g/mol. The van der Waals surface area contributed by atoms with Gasteiger partial charge < -0.3 is 35.0 Å². The number of benzene rings is 1. The zero-order valence-electron chi connectivity index (χ0n) is 26.3. The molecule has 1 aromatic rings. The first-order valence-corrected chi connectivity index (χ1v) is 17.2.